The summed E-state index contributed by atoms with van der Waals surface area (Å²) in [6, 6.07) is 19.7. The predicted octanol–water partition coefficient (Wildman–Crippen LogP) is 3.74. The molecule has 27 heavy (non-hydrogen) atoms. The van der Waals surface area contributed by atoms with E-state index in [0.717, 1.165) is 17.5 Å². The number of amides is 1. The van der Waals surface area contributed by atoms with E-state index in [1.165, 1.54) is 0 Å². The Morgan fingerprint density at radius 3 is 1.78 bits per heavy atom. The highest BCUT2D eigenvalue weighted by atomic mass is 16.4. The van der Waals surface area contributed by atoms with Crippen molar-refractivity contribution in [1.82, 2.24) is 4.90 Å². The molecular formula is C23H23NO3. The topological polar surface area (TPSA) is 57.6 Å². The molecule has 2 aromatic carbocycles. The monoisotopic (exact) mass is 361 g/mol. The Labute approximate surface area is 159 Å². The van der Waals surface area contributed by atoms with Crippen LogP contribution in [0.1, 0.15) is 17.5 Å². The lowest BCUT2D eigenvalue weighted by Gasteiger charge is -2.31. The summed E-state index contributed by atoms with van der Waals surface area (Å²) < 4.78 is 0. The molecule has 2 aliphatic rings. The van der Waals surface area contributed by atoms with Crippen molar-refractivity contribution in [2.45, 2.75) is 19.5 Å². The smallest absolute Gasteiger partial charge is 0.307 e. The summed E-state index contributed by atoms with van der Waals surface area (Å²) in [6.07, 6.45) is 4.79. The average Bonchev–Trinajstić information content (AvgIpc) is 3.30. The van der Waals surface area contributed by atoms with Gasteiger partial charge in [-0.25, -0.2) is 0 Å². The molecule has 4 atom stereocenters. The molecule has 4 heteroatoms. The van der Waals surface area contributed by atoms with Crippen molar-refractivity contribution in [3.63, 3.8) is 0 Å². The van der Waals surface area contributed by atoms with Crippen LogP contribution in [-0.2, 0) is 22.7 Å². The fraction of sp³-hybridized carbons (Fsp3) is 0.304. The van der Waals surface area contributed by atoms with E-state index in [0.29, 0.717) is 13.1 Å². The van der Waals surface area contributed by atoms with Gasteiger partial charge in [-0.3, -0.25) is 9.59 Å². The summed E-state index contributed by atoms with van der Waals surface area (Å²) in [4.78, 5) is 27.1. The predicted molar refractivity (Wildman–Crippen MR) is 102 cm³/mol. The molecule has 1 amide bonds. The first-order valence-electron chi connectivity index (χ1n) is 9.41. The number of carbonyl (C=O) groups is 2. The molecule has 1 saturated carbocycles. The van der Waals surface area contributed by atoms with Gasteiger partial charge in [0.1, 0.15) is 0 Å². The standard InChI is InChI=1S/C23H23NO3/c25-22(20-18-11-12-19(13-18)21(20)23(26)27)24(14-16-7-3-1-4-8-16)15-17-9-5-2-6-10-17/h1-12,18-21H,13-15H2,(H,26,27)/t18-,19+,20-,21+/m1/s1. The maximum atomic E-state index is 13.5. The number of benzene rings is 2. The second-order valence-electron chi connectivity index (χ2n) is 7.50. The van der Waals surface area contributed by atoms with Gasteiger partial charge in [0.15, 0.2) is 0 Å². The fourth-order valence-electron chi connectivity index (χ4n) is 4.53. The van der Waals surface area contributed by atoms with Gasteiger partial charge in [0, 0.05) is 13.1 Å². The van der Waals surface area contributed by atoms with E-state index in [4.69, 9.17) is 0 Å². The number of carboxylic acid groups (broad SMARTS) is 1. The van der Waals surface area contributed by atoms with Gasteiger partial charge in [0.25, 0.3) is 0 Å². The molecule has 0 unspecified atom stereocenters. The Bertz CT molecular complexity index is 805. The number of nitrogens with zero attached hydrogens (tertiary/aromatic N) is 1. The SMILES string of the molecule is O=C(O)[C@@H]1[C@H](C(=O)N(Cc2ccccc2)Cc2ccccc2)[C@@H]2C=C[C@H]1C2. The highest BCUT2D eigenvalue weighted by Crippen LogP contribution is 2.49. The highest BCUT2D eigenvalue weighted by Gasteiger charge is 2.52. The number of aliphatic carboxylic acids is 1. The summed E-state index contributed by atoms with van der Waals surface area (Å²) in [5.74, 6) is -1.96. The summed E-state index contributed by atoms with van der Waals surface area (Å²) in [5.41, 5.74) is 2.10. The Morgan fingerprint density at radius 1 is 0.815 bits per heavy atom. The van der Waals surface area contributed by atoms with Gasteiger partial charge in [-0.15, -0.1) is 0 Å². The lowest BCUT2D eigenvalue weighted by Crippen LogP contribution is -2.42. The van der Waals surface area contributed by atoms with Crippen LogP contribution in [0.5, 0.6) is 0 Å². The lowest BCUT2D eigenvalue weighted by molar-refractivity contribution is -0.151. The van der Waals surface area contributed by atoms with Gasteiger partial charge >= 0.3 is 5.97 Å². The second-order valence-corrected chi connectivity index (χ2v) is 7.50. The van der Waals surface area contributed by atoms with Crippen LogP contribution in [0.3, 0.4) is 0 Å². The number of rotatable bonds is 6. The van der Waals surface area contributed by atoms with E-state index >= 15 is 0 Å². The number of allylic oxidation sites excluding steroid dienone is 2. The highest BCUT2D eigenvalue weighted by molar-refractivity contribution is 5.87. The Hall–Kier alpha value is -2.88. The van der Waals surface area contributed by atoms with Gasteiger partial charge in [0.05, 0.1) is 11.8 Å². The largest absolute Gasteiger partial charge is 0.481 e. The molecule has 0 aliphatic heterocycles. The quantitative estimate of drug-likeness (QED) is 0.798. The van der Waals surface area contributed by atoms with Crippen LogP contribution >= 0.6 is 0 Å². The third-order valence-electron chi connectivity index (χ3n) is 5.77. The summed E-state index contributed by atoms with van der Waals surface area (Å²) >= 11 is 0. The third kappa shape index (κ3) is 3.52. The molecule has 4 rings (SSSR count). The van der Waals surface area contributed by atoms with Crippen LogP contribution in [0.2, 0.25) is 0 Å². The van der Waals surface area contributed by atoms with Crippen molar-refractivity contribution in [1.29, 1.82) is 0 Å². The molecular weight excluding hydrogens is 338 g/mol. The number of carbonyl (C=O) groups excluding carboxylic acids is 1. The molecule has 0 aromatic heterocycles. The minimum atomic E-state index is -0.857. The molecule has 2 aliphatic carbocycles. The normalized spacial score (nSPS) is 25.5. The van der Waals surface area contributed by atoms with Crippen LogP contribution in [0.15, 0.2) is 72.8 Å². The van der Waals surface area contributed by atoms with Gasteiger partial charge < -0.3 is 10.0 Å². The number of hydrogen-bond acceptors (Lipinski definition) is 2. The Balaban J connectivity index is 1.62. The van der Waals surface area contributed by atoms with Crippen LogP contribution in [0.4, 0.5) is 0 Å². The summed E-state index contributed by atoms with van der Waals surface area (Å²) in [5, 5.41) is 9.71. The minimum Gasteiger partial charge on any atom is -0.481 e. The van der Waals surface area contributed by atoms with Gasteiger partial charge in [-0.05, 0) is 29.4 Å². The van der Waals surface area contributed by atoms with Crippen molar-refractivity contribution in [2.75, 3.05) is 0 Å². The van der Waals surface area contributed by atoms with E-state index < -0.39 is 17.8 Å². The van der Waals surface area contributed by atoms with Gasteiger partial charge in [0.2, 0.25) is 5.91 Å². The molecule has 0 spiro atoms. The van der Waals surface area contributed by atoms with Crippen molar-refractivity contribution in [2.24, 2.45) is 23.7 Å². The van der Waals surface area contributed by atoms with Crippen molar-refractivity contribution >= 4 is 11.9 Å². The van der Waals surface area contributed by atoms with Crippen LogP contribution in [0.25, 0.3) is 0 Å². The zero-order valence-corrected chi connectivity index (χ0v) is 15.1. The number of carboxylic acids is 1. The first-order valence-corrected chi connectivity index (χ1v) is 9.41. The van der Waals surface area contributed by atoms with E-state index in [1.807, 2.05) is 77.7 Å². The van der Waals surface area contributed by atoms with Crippen LogP contribution in [0, 0.1) is 23.7 Å². The maximum Gasteiger partial charge on any atom is 0.307 e. The Morgan fingerprint density at radius 2 is 1.30 bits per heavy atom. The maximum absolute atomic E-state index is 13.5. The summed E-state index contributed by atoms with van der Waals surface area (Å²) in [6.45, 7) is 0.969. The van der Waals surface area contributed by atoms with Crippen LogP contribution < -0.4 is 0 Å². The Kier molecular flexibility index (Phi) is 4.80. The number of hydrogen-bond donors (Lipinski definition) is 1. The first-order chi connectivity index (χ1) is 13.1. The average molecular weight is 361 g/mol. The lowest BCUT2D eigenvalue weighted by atomic mass is 9.82. The van der Waals surface area contributed by atoms with Gasteiger partial charge in [-0.1, -0.05) is 72.8 Å². The molecule has 0 heterocycles. The zero-order valence-electron chi connectivity index (χ0n) is 15.1. The van der Waals surface area contributed by atoms with E-state index in [9.17, 15) is 14.7 Å². The van der Waals surface area contributed by atoms with E-state index in [-0.39, 0.29) is 17.7 Å². The second kappa shape index (κ2) is 7.39. The summed E-state index contributed by atoms with van der Waals surface area (Å²) in [7, 11) is 0. The minimum absolute atomic E-state index is 0.0169. The molecule has 2 aromatic rings. The van der Waals surface area contributed by atoms with E-state index in [2.05, 4.69) is 0 Å². The first kappa shape index (κ1) is 17.5. The molecule has 1 fully saturated rings. The molecule has 0 saturated heterocycles. The number of fused-ring (bicyclic) bond motifs is 2. The van der Waals surface area contributed by atoms with Crippen molar-refractivity contribution in [3.8, 4) is 0 Å². The van der Waals surface area contributed by atoms with E-state index in [1.54, 1.807) is 0 Å². The van der Waals surface area contributed by atoms with Crippen molar-refractivity contribution < 1.29 is 14.7 Å². The van der Waals surface area contributed by atoms with Crippen LogP contribution in [-0.4, -0.2) is 21.9 Å². The molecule has 2 bridgehead atoms. The molecule has 1 N–H and O–H groups in total. The molecule has 0 radical (unpaired) electrons. The van der Waals surface area contributed by atoms with Crippen molar-refractivity contribution in [3.05, 3.63) is 83.9 Å². The molecule has 4 nitrogen and oxygen atoms in total. The third-order valence-corrected chi connectivity index (χ3v) is 5.77. The molecule has 138 valence electrons. The van der Waals surface area contributed by atoms with Gasteiger partial charge in [-0.2, -0.15) is 0 Å². The zero-order chi connectivity index (χ0) is 18.8. The fourth-order valence-corrected chi connectivity index (χ4v) is 4.53.